The van der Waals surface area contributed by atoms with Crippen molar-refractivity contribution < 1.29 is 28.5 Å². The van der Waals surface area contributed by atoms with Gasteiger partial charge >= 0.3 is 12.3 Å². The van der Waals surface area contributed by atoms with Crippen molar-refractivity contribution in [3.05, 3.63) is 47.5 Å². The van der Waals surface area contributed by atoms with Crippen molar-refractivity contribution >= 4 is 33.9 Å². The van der Waals surface area contributed by atoms with Gasteiger partial charge in [0.25, 0.3) is 0 Å². The molecule has 0 spiro atoms. The second-order valence-corrected chi connectivity index (χ2v) is 8.85. The predicted molar refractivity (Wildman–Crippen MR) is 143 cm³/mol. The van der Waals surface area contributed by atoms with Gasteiger partial charge < -0.3 is 18.9 Å². The number of hydrogen-bond donors (Lipinski definition) is 0. The number of carbonyl (C=O) groups excluding carboxylic acids is 2. The van der Waals surface area contributed by atoms with Crippen molar-refractivity contribution in [2.45, 2.75) is 79.1 Å². The third-order valence-electron chi connectivity index (χ3n) is 6.34. The number of rotatable bonds is 12. The van der Waals surface area contributed by atoms with Crippen molar-refractivity contribution in [1.82, 2.24) is 0 Å². The molecular weight excluding hydrogens is 456 g/mol. The zero-order valence-electron chi connectivity index (χ0n) is 22.0. The molecule has 0 aliphatic heterocycles. The zero-order valence-corrected chi connectivity index (χ0v) is 22.0. The minimum atomic E-state index is -0.737. The summed E-state index contributed by atoms with van der Waals surface area (Å²) < 4.78 is 22.4. The van der Waals surface area contributed by atoms with E-state index in [1.54, 1.807) is 0 Å². The molecule has 6 heteroatoms. The van der Waals surface area contributed by atoms with Crippen LogP contribution in [0.4, 0.5) is 9.59 Å². The Balaban J connectivity index is 2.11. The van der Waals surface area contributed by atoms with E-state index in [0.717, 1.165) is 67.9 Å². The number of fused-ring (bicyclic) bond motifs is 2. The van der Waals surface area contributed by atoms with E-state index < -0.39 is 12.3 Å². The van der Waals surface area contributed by atoms with Crippen LogP contribution < -0.4 is 9.47 Å². The molecule has 0 bridgehead atoms. The van der Waals surface area contributed by atoms with Crippen LogP contribution in [0, 0.1) is 0 Å². The summed E-state index contributed by atoms with van der Waals surface area (Å²) in [5.41, 5.74) is 2.20. The number of hydrogen-bond acceptors (Lipinski definition) is 6. The molecule has 0 atom stereocenters. The summed E-state index contributed by atoms with van der Waals surface area (Å²) in [4.78, 5) is 25.3. The minimum absolute atomic E-state index is 0.313. The Morgan fingerprint density at radius 1 is 0.639 bits per heavy atom. The molecular formula is C30H38O6. The van der Waals surface area contributed by atoms with Crippen molar-refractivity contribution in [1.29, 1.82) is 0 Å². The Kier molecular flexibility index (Phi) is 10.4. The molecule has 0 N–H and O–H groups in total. The van der Waals surface area contributed by atoms with Crippen molar-refractivity contribution in [2.75, 3.05) is 13.2 Å². The molecule has 0 fully saturated rings. The van der Waals surface area contributed by atoms with E-state index in [2.05, 4.69) is 27.7 Å². The van der Waals surface area contributed by atoms with Crippen LogP contribution >= 0.6 is 0 Å². The molecule has 194 valence electrons. The van der Waals surface area contributed by atoms with Gasteiger partial charge in [0.15, 0.2) is 5.75 Å². The van der Waals surface area contributed by atoms with Gasteiger partial charge in [-0.15, -0.1) is 0 Å². The van der Waals surface area contributed by atoms with Gasteiger partial charge in [-0.2, -0.15) is 0 Å². The zero-order chi connectivity index (χ0) is 25.9. The van der Waals surface area contributed by atoms with Crippen LogP contribution in [0.2, 0.25) is 0 Å². The van der Waals surface area contributed by atoms with Gasteiger partial charge in [-0.3, -0.25) is 0 Å². The maximum atomic E-state index is 12.7. The Morgan fingerprint density at radius 2 is 1.19 bits per heavy atom. The number of benzene rings is 3. The van der Waals surface area contributed by atoms with E-state index in [1.807, 2.05) is 36.4 Å². The van der Waals surface area contributed by atoms with E-state index in [1.165, 1.54) is 0 Å². The van der Waals surface area contributed by atoms with Crippen molar-refractivity contribution in [3.63, 3.8) is 0 Å². The van der Waals surface area contributed by atoms with E-state index in [0.29, 0.717) is 40.9 Å². The van der Waals surface area contributed by atoms with Crippen LogP contribution in [0.1, 0.15) is 77.3 Å². The average Bonchev–Trinajstić information content (AvgIpc) is 2.90. The lowest BCUT2D eigenvalue weighted by Crippen LogP contribution is -2.14. The standard InChI is InChI=1S/C30H38O6/c1-5-9-13-19-33-29(31)35-27-23-15-11-12-16-24(23)28(36-30(32)34-20-14-10-6-2)26-22(8-4)21(7-3)17-18-25(26)27/h11-12,15-18H,5-10,13-14,19-20H2,1-4H3. The van der Waals surface area contributed by atoms with E-state index in [4.69, 9.17) is 18.9 Å². The smallest absolute Gasteiger partial charge is 0.434 e. The molecule has 0 aliphatic carbocycles. The van der Waals surface area contributed by atoms with E-state index >= 15 is 0 Å². The number of aryl methyl sites for hydroxylation is 2. The van der Waals surface area contributed by atoms with Crippen LogP contribution in [0.15, 0.2) is 36.4 Å². The number of carbonyl (C=O) groups is 2. The van der Waals surface area contributed by atoms with Crippen molar-refractivity contribution in [2.24, 2.45) is 0 Å². The quantitative estimate of drug-likeness (QED) is 0.109. The lowest BCUT2D eigenvalue weighted by molar-refractivity contribution is 0.0966. The molecule has 0 radical (unpaired) electrons. The normalized spacial score (nSPS) is 11.0. The predicted octanol–water partition coefficient (Wildman–Crippen LogP) is 8.53. The van der Waals surface area contributed by atoms with Crippen LogP contribution in [-0.2, 0) is 22.3 Å². The average molecular weight is 495 g/mol. The molecule has 0 saturated heterocycles. The maximum Gasteiger partial charge on any atom is 0.513 e. The lowest BCUT2D eigenvalue weighted by atomic mass is 9.91. The molecule has 0 unspecified atom stereocenters. The molecule has 36 heavy (non-hydrogen) atoms. The Hall–Kier alpha value is -3.28. The monoisotopic (exact) mass is 494 g/mol. The molecule has 0 saturated carbocycles. The van der Waals surface area contributed by atoms with Gasteiger partial charge in [0.05, 0.1) is 13.2 Å². The molecule has 0 amide bonds. The third-order valence-corrected chi connectivity index (χ3v) is 6.34. The highest BCUT2D eigenvalue weighted by Crippen LogP contribution is 2.45. The van der Waals surface area contributed by atoms with Gasteiger partial charge in [0, 0.05) is 21.5 Å². The van der Waals surface area contributed by atoms with Crippen LogP contribution in [0.3, 0.4) is 0 Å². The number of ether oxygens (including phenoxy) is 4. The van der Waals surface area contributed by atoms with Gasteiger partial charge in [-0.1, -0.05) is 89.8 Å². The summed E-state index contributed by atoms with van der Waals surface area (Å²) in [5.74, 6) is 0.832. The Morgan fingerprint density at radius 3 is 1.72 bits per heavy atom. The first-order valence-corrected chi connectivity index (χ1v) is 13.2. The summed E-state index contributed by atoms with van der Waals surface area (Å²) in [7, 11) is 0. The molecule has 3 aromatic carbocycles. The summed E-state index contributed by atoms with van der Waals surface area (Å²) in [5, 5.41) is 2.79. The molecule has 0 aromatic heterocycles. The fourth-order valence-corrected chi connectivity index (χ4v) is 4.49. The fourth-order valence-electron chi connectivity index (χ4n) is 4.49. The van der Waals surface area contributed by atoms with Gasteiger partial charge in [0.2, 0.25) is 0 Å². The second kappa shape index (κ2) is 13.7. The first-order chi connectivity index (χ1) is 17.5. The Labute approximate surface area is 213 Å². The first kappa shape index (κ1) is 27.3. The topological polar surface area (TPSA) is 71.1 Å². The van der Waals surface area contributed by atoms with E-state index in [-0.39, 0.29) is 0 Å². The highest BCUT2D eigenvalue weighted by Gasteiger charge is 2.23. The highest BCUT2D eigenvalue weighted by molar-refractivity contribution is 6.13. The summed E-state index contributed by atoms with van der Waals surface area (Å²) in [6.07, 6.45) is 5.71. The maximum absolute atomic E-state index is 12.7. The third kappa shape index (κ3) is 6.48. The SMILES string of the molecule is CCCCCOC(=O)Oc1c2ccccc2c(OC(=O)OCCCCC)c2c(CC)c(CC)ccc12. The lowest BCUT2D eigenvalue weighted by Gasteiger charge is -2.19. The largest absolute Gasteiger partial charge is 0.513 e. The molecule has 0 aliphatic rings. The summed E-state index contributed by atoms with van der Waals surface area (Å²) in [6.45, 7) is 8.98. The summed E-state index contributed by atoms with van der Waals surface area (Å²) in [6, 6.07) is 11.4. The minimum Gasteiger partial charge on any atom is -0.434 e. The van der Waals surface area contributed by atoms with E-state index in [9.17, 15) is 9.59 Å². The first-order valence-electron chi connectivity index (χ1n) is 13.2. The van der Waals surface area contributed by atoms with Gasteiger partial charge in [-0.05, 0) is 36.8 Å². The van der Waals surface area contributed by atoms with Crippen LogP contribution in [0.5, 0.6) is 11.5 Å². The van der Waals surface area contributed by atoms with Gasteiger partial charge in [0.1, 0.15) is 5.75 Å². The molecule has 0 heterocycles. The Bertz CT molecular complexity index is 1180. The molecule has 3 rings (SSSR count). The summed E-state index contributed by atoms with van der Waals surface area (Å²) >= 11 is 0. The fraction of sp³-hybridized carbons (Fsp3) is 0.467. The highest BCUT2D eigenvalue weighted by atomic mass is 16.7. The van der Waals surface area contributed by atoms with Crippen LogP contribution in [0.25, 0.3) is 21.5 Å². The second-order valence-electron chi connectivity index (χ2n) is 8.85. The number of unbranched alkanes of at least 4 members (excludes halogenated alkanes) is 4. The molecule has 6 nitrogen and oxygen atoms in total. The van der Waals surface area contributed by atoms with Crippen LogP contribution in [-0.4, -0.2) is 25.5 Å². The van der Waals surface area contributed by atoms with Gasteiger partial charge in [-0.25, -0.2) is 9.59 Å². The van der Waals surface area contributed by atoms with Crippen molar-refractivity contribution in [3.8, 4) is 11.5 Å². The molecule has 3 aromatic rings.